The Bertz CT molecular complexity index is 620. The lowest BCUT2D eigenvalue weighted by atomic mass is 10.0. The number of rotatable bonds is 12. The number of carbonyl (C=O) groups excluding carboxylic acids is 3. The predicted molar refractivity (Wildman–Crippen MR) is 121 cm³/mol. The molecule has 1 fully saturated rings. The summed E-state index contributed by atoms with van der Waals surface area (Å²) in [6.45, 7) is 4.15. The quantitative estimate of drug-likeness (QED) is 0.259. The molecule has 1 saturated heterocycles. The van der Waals surface area contributed by atoms with Crippen LogP contribution in [0.25, 0.3) is 0 Å². The molecule has 172 valence electrons. The van der Waals surface area contributed by atoms with Crippen molar-refractivity contribution in [3.63, 3.8) is 0 Å². The fourth-order valence-electron chi connectivity index (χ4n) is 3.31. The second kappa shape index (κ2) is 13.1. The summed E-state index contributed by atoms with van der Waals surface area (Å²) in [6, 6.07) is -3.41. The zero-order valence-electron chi connectivity index (χ0n) is 17.8. The topological polar surface area (TPSA) is 142 Å². The molecule has 0 bridgehead atoms. The van der Waals surface area contributed by atoms with Gasteiger partial charge in [-0.15, -0.1) is 0 Å². The number of nitrogens with one attached hydrogen (secondary N) is 2. The molecule has 4 unspecified atom stereocenters. The van der Waals surface area contributed by atoms with Crippen molar-refractivity contribution in [2.75, 3.05) is 24.3 Å². The lowest BCUT2D eigenvalue weighted by Crippen LogP contribution is -2.57. The standard InChI is InChI=1S/C19H34N4O5S2/c1-11(2)9-13(19(27)28)21-16(24)14(10-29)22-17(25)15-5-4-7-23(15)18(26)12(20)6-8-30-3/h11-15,29H,4-10,20H2,1-3H3,(H,21,24)(H,22,25)(H,27,28). The first kappa shape index (κ1) is 26.6. The highest BCUT2D eigenvalue weighted by molar-refractivity contribution is 7.98. The summed E-state index contributed by atoms with van der Waals surface area (Å²) in [6.07, 6.45) is 3.89. The maximum absolute atomic E-state index is 12.8. The third-order valence-corrected chi connectivity index (χ3v) is 5.94. The van der Waals surface area contributed by atoms with Gasteiger partial charge in [0.1, 0.15) is 18.1 Å². The van der Waals surface area contributed by atoms with Crippen LogP contribution in [-0.4, -0.2) is 82.2 Å². The highest BCUT2D eigenvalue weighted by Gasteiger charge is 2.37. The normalized spacial score (nSPS) is 19.3. The van der Waals surface area contributed by atoms with Crippen molar-refractivity contribution in [3.05, 3.63) is 0 Å². The van der Waals surface area contributed by atoms with Crippen molar-refractivity contribution in [1.29, 1.82) is 0 Å². The van der Waals surface area contributed by atoms with Gasteiger partial charge in [0.15, 0.2) is 0 Å². The van der Waals surface area contributed by atoms with Crippen LogP contribution in [0.3, 0.4) is 0 Å². The Labute approximate surface area is 187 Å². The van der Waals surface area contributed by atoms with Gasteiger partial charge in [-0.05, 0) is 43.6 Å². The molecular weight excluding hydrogens is 428 g/mol. The average molecular weight is 463 g/mol. The van der Waals surface area contributed by atoms with Gasteiger partial charge in [-0.1, -0.05) is 13.8 Å². The van der Waals surface area contributed by atoms with E-state index in [1.807, 2.05) is 20.1 Å². The number of thiol groups is 1. The van der Waals surface area contributed by atoms with Crippen molar-refractivity contribution in [1.82, 2.24) is 15.5 Å². The van der Waals surface area contributed by atoms with Crippen LogP contribution in [0.1, 0.15) is 39.5 Å². The summed E-state index contributed by atoms with van der Waals surface area (Å²) in [4.78, 5) is 50.8. The zero-order chi connectivity index (χ0) is 22.8. The van der Waals surface area contributed by atoms with Crippen LogP contribution >= 0.6 is 24.4 Å². The highest BCUT2D eigenvalue weighted by Crippen LogP contribution is 2.19. The molecule has 30 heavy (non-hydrogen) atoms. The smallest absolute Gasteiger partial charge is 0.326 e. The van der Waals surface area contributed by atoms with Gasteiger partial charge in [0.25, 0.3) is 0 Å². The lowest BCUT2D eigenvalue weighted by molar-refractivity contribution is -0.143. The summed E-state index contributed by atoms with van der Waals surface area (Å²) in [5.41, 5.74) is 5.98. The number of aliphatic carboxylic acids is 1. The van der Waals surface area contributed by atoms with E-state index in [2.05, 4.69) is 23.3 Å². The number of nitrogens with two attached hydrogens (primary N) is 1. The summed E-state index contributed by atoms with van der Waals surface area (Å²) in [7, 11) is 0. The molecule has 0 spiro atoms. The molecule has 11 heteroatoms. The molecule has 0 saturated carbocycles. The Morgan fingerprint density at radius 2 is 1.90 bits per heavy atom. The van der Waals surface area contributed by atoms with Crippen LogP contribution in [0.4, 0.5) is 0 Å². The molecule has 1 aliphatic heterocycles. The van der Waals surface area contributed by atoms with Crippen molar-refractivity contribution < 1.29 is 24.3 Å². The van der Waals surface area contributed by atoms with E-state index in [-0.39, 0.29) is 24.0 Å². The van der Waals surface area contributed by atoms with E-state index >= 15 is 0 Å². The minimum Gasteiger partial charge on any atom is -0.480 e. The number of thioether (sulfide) groups is 1. The molecule has 3 amide bonds. The zero-order valence-corrected chi connectivity index (χ0v) is 19.5. The van der Waals surface area contributed by atoms with Gasteiger partial charge in [0.05, 0.1) is 6.04 Å². The Morgan fingerprint density at radius 1 is 1.23 bits per heavy atom. The maximum atomic E-state index is 12.8. The molecule has 5 N–H and O–H groups in total. The number of hydrogen-bond donors (Lipinski definition) is 5. The molecule has 4 atom stereocenters. The largest absolute Gasteiger partial charge is 0.480 e. The van der Waals surface area contributed by atoms with Crippen LogP contribution in [0.15, 0.2) is 0 Å². The first-order valence-electron chi connectivity index (χ1n) is 10.1. The minimum atomic E-state index is -1.13. The van der Waals surface area contributed by atoms with E-state index in [1.165, 1.54) is 4.90 Å². The molecule has 0 aromatic rings. The third kappa shape index (κ3) is 7.99. The number of likely N-dealkylation sites (tertiary alicyclic amines) is 1. The number of carboxylic acid groups (broad SMARTS) is 1. The second-order valence-corrected chi connectivity index (χ2v) is 9.20. The minimum absolute atomic E-state index is 0.000502. The van der Waals surface area contributed by atoms with E-state index < -0.39 is 42.0 Å². The molecule has 0 aromatic heterocycles. The Kier molecular flexibility index (Phi) is 11.6. The fourth-order valence-corrected chi connectivity index (χ4v) is 4.06. The van der Waals surface area contributed by atoms with Gasteiger partial charge in [0, 0.05) is 12.3 Å². The van der Waals surface area contributed by atoms with Crippen molar-refractivity contribution in [2.45, 2.75) is 63.7 Å². The Balaban J connectivity index is 2.75. The van der Waals surface area contributed by atoms with E-state index in [0.717, 1.165) is 5.75 Å². The Hall–Kier alpha value is -1.46. The van der Waals surface area contributed by atoms with Gasteiger partial charge < -0.3 is 26.4 Å². The third-order valence-electron chi connectivity index (χ3n) is 4.93. The SMILES string of the molecule is CSCCC(N)C(=O)N1CCCC1C(=O)NC(CS)C(=O)NC(CC(C)C)C(=O)O. The van der Waals surface area contributed by atoms with Crippen LogP contribution in [0.5, 0.6) is 0 Å². The van der Waals surface area contributed by atoms with Gasteiger partial charge in [-0.25, -0.2) is 4.79 Å². The molecule has 0 aromatic carbocycles. The number of hydrogen-bond acceptors (Lipinski definition) is 7. The molecule has 1 heterocycles. The van der Waals surface area contributed by atoms with Crippen LogP contribution in [-0.2, 0) is 19.2 Å². The van der Waals surface area contributed by atoms with E-state index in [9.17, 15) is 24.3 Å². The van der Waals surface area contributed by atoms with E-state index in [1.54, 1.807) is 11.8 Å². The van der Waals surface area contributed by atoms with Crippen LogP contribution in [0.2, 0.25) is 0 Å². The van der Waals surface area contributed by atoms with Gasteiger partial charge in [-0.2, -0.15) is 24.4 Å². The monoisotopic (exact) mass is 462 g/mol. The maximum Gasteiger partial charge on any atom is 0.326 e. The number of carboxylic acids is 1. The molecular formula is C19H34N4O5S2. The summed E-state index contributed by atoms with van der Waals surface area (Å²) in [5, 5.41) is 14.4. The molecule has 0 aliphatic carbocycles. The van der Waals surface area contributed by atoms with Gasteiger partial charge in [0.2, 0.25) is 17.7 Å². The first-order chi connectivity index (χ1) is 14.1. The van der Waals surface area contributed by atoms with Gasteiger partial charge >= 0.3 is 5.97 Å². The molecule has 1 rings (SSSR count). The number of carbonyl (C=O) groups is 4. The van der Waals surface area contributed by atoms with Crippen molar-refractivity contribution >= 4 is 48.1 Å². The number of amides is 3. The number of nitrogens with zero attached hydrogens (tertiary/aromatic N) is 1. The van der Waals surface area contributed by atoms with E-state index in [0.29, 0.717) is 25.8 Å². The molecule has 9 nitrogen and oxygen atoms in total. The summed E-state index contributed by atoms with van der Waals surface area (Å²) >= 11 is 5.72. The first-order valence-corrected chi connectivity index (χ1v) is 12.1. The van der Waals surface area contributed by atoms with Crippen LogP contribution in [0, 0.1) is 5.92 Å². The average Bonchev–Trinajstić information content (AvgIpc) is 3.18. The predicted octanol–water partition coefficient (Wildman–Crippen LogP) is 0.0879. The Morgan fingerprint density at radius 3 is 2.43 bits per heavy atom. The van der Waals surface area contributed by atoms with Crippen molar-refractivity contribution in [3.8, 4) is 0 Å². The van der Waals surface area contributed by atoms with E-state index in [4.69, 9.17) is 5.73 Å². The molecule has 0 radical (unpaired) electrons. The van der Waals surface area contributed by atoms with Gasteiger partial charge in [-0.3, -0.25) is 14.4 Å². The molecule has 1 aliphatic rings. The second-order valence-electron chi connectivity index (χ2n) is 7.85. The lowest BCUT2D eigenvalue weighted by Gasteiger charge is -2.28. The highest BCUT2D eigenvalue weighted by atomic mass is 32.2. The summed E-state index contributed by atoms with van der Waals surface area (Å²) < 4.78 is 0. The van der Waals surface area contributed by atoms with Crippen molar-refractivity contribution in [2.24, 2.45) is 11.7 Å². The fraction of sp³-hybridized carbons (Fsp3) is 0.789. The summed E-state index contributed by atoms with van der Waals surface area (Å²) in [5.74, 6) is -1.64. The van der Waals surface area contributed by atoms with Crippen LogP contribution < -0.4 is 16.4 Å².